The van der Waals surface area contributed by atoms with Gasteiger partial charge in [-0.15, -0.1) is 0 Å². The first-order chi connectivity index (χ1) is 9.58. The fraction of sp³-hybridized carbons (Fsp3) is 0.500. The van der Waals surface area contributed by atoms with Crippen molar-refractivity contribution >= 4 is 23.5 Å². The maximum atomic E-state index is 12.0. The van der Waals surface area contributed by atoms with Crippen molar-refractivity contribution in [3.05, 3.63) is 33.3 Å². The van der Waals surface area contributed by atoms with Crippen molar-refractivity contribution in [2.45, 2.75) is 41.0 Å². The summed E-state index contributed by atoms with van der Waals surface area (Å²) in [6.07, 6.45) is 0.507. The van der Waals surface area contributed by atoms with Gasteiger partial charge in [-0.25, -0.2) is 9.59 Å². The van der Waals surface area contributed by atoms with Crippen molar-refractivity contribution in [1.29, 1.82) is 0 Å². The van der Waals surface area contributed by atoms with Gasteiger partial charge in [-0.2, -0.15) is 0 Å². The fourth-order valence-electron chi connectivity index (χ4n) is 2.17. The van der Waals surface area contributed by atoms with Gasteiger partial charge in [0.15, 0.2) is 0 Å². The van der Waals surface area contributed by atoms with Gasteiger partial charge in [0.2, 0.25) is 0 Å². The third-order valence-electron chi connectivity index (χ3n) is 3.07. The number of benzene rings is 1. The summed E-state index contributed by atoms with van der Waals surface area (Å²) in [5.41, 5.74) is 1.15. The van der Waals surface area contributed by atoms with Crippen LogP contribution in [-0.4, -0.2) is 23.7 Å². The summed E-state index contributed by atoms with van der Waals surface area (Å²) in [7, 11) is 0. The second-order valence-electron chi connectivity index (χ2n) is 6.15. The third kappa shape index (κ3) is 4.21. The van der Waals surface area contributed by atoms with Crippen LogP contribution in [0.1, 0.15) is 59.5 Å². The van der Waals surface area contributed by atoms with E-state index in [4.69, 9.17) is 16.3 Å². The largest absolute Gasteiger partial charge is 0.478 e. The molecule has 0 radical (unpaired) electrons. The molecule has 0 bridgehead atoms. The highest BCUT2D eigenvalue weighted by atomic mass is 35.5. The molecule has 5 heteroatoms. The molecule has 1 aromatic rings. The Morgan fingerprint density at radius 3 is 2.33 bits per heavy atom. The van der Waals surface area contributed by atoms with Crippen LogP contribution in [0.5, 0.6) is 0 Å². The van der Waals surface area contributed by atoms with E-state index >= 15 is 0 Å². The third-order valence-corrected chi connectivity index (χ3v) is 3.46. The van der Waals surface area contributed by atoms with Crippen LogP contribution >= 0.6 is 11.6 Å². The van der Waals surface area contributed by atoms with Gasteiger partial charge in [-0.05, 0) is 42.9 Å². The van der Waals surface area contributed by atoms with Crippen LogP contribution in [-0.2, 0) is 11.2 Å². The lowest BCUT2D eigenvalue weighted by molar-refractivity contribution is 0.0514. The second kappa shape index (κ2) is 6.48. The first-order valence-corrected chi connectivity index (χ1v) is 7.18. The normalized spacial score (nSPS) is 11.3. The number of carboxylic acid groups (broad SMARTS) is 1. The van der Waals surface area contributed by atoms with Crippen molar-refractivity contribution in [2.75, 3.05) is 6.61 Å². The van der Waals surface area contributed by atoms with Gasteiger partial charge in [-0.1, -0.05) is 32.4 Å². The summed E-state index contributed by atoms with van der Waals surface area (Å²) in [5, 5.41) is 9.90. The van der Waals surface area contributed by atoms with Gasteiger partial charge < -0.3 is 9.84 Å². The van der Waals surface area contributed by atoms with Gasteiger partial charge >= 0.3 is 11.9 Å². The van der Waals surface area contributed by atoms with Gasteiger partial charge in [0.1, 0.15) is 0 Å². The molecule has 0 amide bonds. The first kappa shape index (κ1) is 17.5. The maximum Gasteiger partial charge on any atom is 0.339 e. The second-order valence-corrected chi connectivity index (χ2v) is 6.55. The Morgan fingerprint density at radius 1 is 1.33 bits per heavy atom. The maximum absolute atomic E-state index is 12.0. The molecule has 0 aliphatic heterocycles. The lowest BCUT2D eigenvalue weighted by Crippen LogP contribution is -2.19. The van der Waals surface area contributed by atoms with Gasteiger partial charge in [-0.3, -0.25) is 0 Å². The predicted molar refractivity (Wildman–Crippen MR) is 82.3 cm³/mol. The van der Waals surface area contributed by atoms with E-state index < -0.39 is 11.9 Å². The Balaban J connectivity index is 3.60. The van der Waals surface area contributed by atoms with E-state index in [-0.39, 0.29) is 23.1 Å². The van der Waals surface area contributed by atoms with Crippen LogP contribution in [0.2, 0.25) is 5.02 Å². The van der Waals surface area contributed by atoms with Crippen LogP contribution in [0, 0.1) is 12.3 Å². The summed E-state index contributed by atoms with van der Waals surface area (Å²) < 4.78 is 4.94. The lowest BCUT2D eigenvalue weighted by Gasteiger charge is -2.23. The molecule has 0 fully saturated rings. The Hall–Kier alpha value is -1.55. The molecule has 1 rings (SSSR count). The van der Waals surface area contributed by atoms with E-state index in [1.807, 2.05) is 20.8 Å². The molecule has 0 spiro atoms. The zero-order valence-corrected chi connectivity index (χ0v) is 13.8. The summed E-state index contributed by atoms with van der Waals surface area (Å²) in [4.78, 5) is 23.7. The number of aromatic carboxylic acids is 1. The van der Waals surface area contributed by atoms with Crippen molar-refractivity contribution in [2.24, 2.45) is 5.41 Å². The number of carbonyl (C=O) groups excluding carboxylic acids is 1. The molecule has 0 unspecified atom stereocenters. The molecule has 1 aromatic carbocycles. The summed E-state index contributed by atoms with van der Waals surface area (Å²) in [5.74, 6) is -1.80. The number of carboxylic acids is 1. The number of hydrogen-bond donors (Lipinski definition) is 1. The zero-order chi connectivity index (χ0) is 16.4. The quantitative estimate of drug-likeness (QED) is 0.850. The summed E-state index contributed by atoms with van der Waals surface area (Å²) in [6, 6.07) is 1.38. The lowest BCUT2D eigenvalue weighted by atomic mass is 9.83. The highest BCUT2D eigenvalue weighted by Gasteiger charge is 2.27. The van der Waals surface area contributed by atoms with Crippen LogP contribution in [0.25, 0.3) is 0 Å². The van der Waals surface area contributed by atoms with E-state index in [1.165, 1.54) is 6.07 Å². The van der Waals surface area contributed by atoms with Crippen LogP contribution in [0.3, 0.4) is 0 Å². The average molecular weight is 313 g/mol. The minimum absolute atomic E-state index is 0.00900. The summed E-state index contributed by atoms with van der Waals surface area (Å²) >= 11 is 6.17. The average Bonchev–Trinajstić information content (AvgIpc) is 2.32. The molecule has 0 heterocycles. The topological polar surface area (TPSA) is 63.6 Å². The number of halogens is 1. The monoisotopic (exact) mass is 312 g/mol. The van der Waals surface area contributed by atoms with Crippen LogP contribution in [0.15, 0.2) is 6.07 Å². The highest BCUT2D eigenvalue weighted by Crippen LogP contribution is 2.32. The molecule has 0 saturated heterocycles. The SMILES string of the molecule is CCOC(=O)c1cc(Cl)c(C)c(CC(C)(C)C)c1C(=O)O. The Morgan fingerprint density at radius 2 is 1.90 bits per heavy atom. The van der Waals surface area contributed by atoms with Crippen LogP contribution in [0.4, 0.5) is 0 Å². The molecular weight excluding hydrogens is 292 g/mol. The van der Waals surface area contributed by atoms with E-state index in [0.717, 1.165) is 0 Å². The van der Waals surface area contributed by atoms with Gasteiger partial charge in [0, 0.05) is 5.02 Å². The molecular formula is C16H21ClO4. The van der Waals surface area contributed by atoms with Gasteiger partial charge in [0.05, 0.1) is 17.7 Å². The molecule has 0 aliphatic carbocycles. The number of esters is 1. The van der Waals surface area contributed by atoms with Crippen molar-refractivity contribution in [1.82, 2.24) is 0 Å². The number of hydrogen-bond acceptors (Lipinski definition) is 3. The van der Waals surface area contributed by atoms with E-state index in [1.54, 1.807) is 13.8 Å². The fourth-order valence-corrected chi connectivity index (χ4v) is 2.39. The van der Waals surface area contributed by atoms with E-state index in [2.05, 4.69) is 0 Å². The first-order valence-electron chi connectivity index (χ1n) is 6.81. The molecule has 0 saturated carbocycles. The standard InChI is InChI=1S/C16H21ClO4/c1-6-21-15(20)10-7-12(17)9(2)11(8-16(3,4)5)13(10)14(18)19/h7H,6,8H2,1-5H3,(H,18,19). The van der Waals surface area contributed by atoms with E-state index in [0.29, 0.717) is 22.6 Å². The van der Waals surface area contributed by atoms with Crippen molar-refractivity contribution in [3.63, 3.8) is 0 Å². The summed E-state index contributed by atoms with van der Waals surface area (Å²) in [6.45, 7) is 9.63. The molecule has 0 atom stereocenters. The molecule has 21 heavy (non-hydrogen) atoms. The minimum Gasteiger partial charge on any atom is -0.478 e. The molecule has 4 nitrogen and oxygen atoms in total. The highest BCUT2D eigenvalue weighted by molar-refractivity contribution is 6.32. The number of ether oxygens (including phenoxy) is 1. The van der Waals surface area contributed by atoms with Crippen LogP contribution < -0.4 is 0 Å². The van der Waals surface area contributed by atoms with Crippen molar-refractivity contribution < 1.29 is 19.4 Å². The van der Waals surface area contributed by atoms with Crippen molar-refractivity contribution in [3.8, 4) is 0 Å². The van der Waals surface area contributed by atoms with E-state index in [9.17, 15) is 14.7 Å². The number of rotatable bonds is 4. The molecule has 1 N–H and O–H groups in total. The molecule has 116 valence electrons. The number of carbonyl (C=O) groups is 2. The minimum atomic E-state index is -1.14. The van der Waals surface area contributed by atoms with Gasteiger partial charge in [0.25, 0.3) is 0 Å². The Kier molecular flexibility index (Phi) is 5.40. The predicted octanol–water partition coefficient (Wildman–Crippen LogP) is 4.11. The molecule has 0 aromatic heterocycles. The Bertz CT molecular complexity index is 571. The zero-order valence-electron chi connectivity index (χ0n) is 13.0. The Labute approximate surface area is 130 Å². The smallest absolute Gasteiger partial charge is 0.339 e. The molecule has 0 aliphatic rings.